The summed E-state index contributed by atoms with van der Waals surface area (Å²) in [5.74, 6) is 0.560. The molecule has 1 aromatic carbocycles. The van der Waals surface area contributed by atoms with E-state index >= 15 is 0 Å². The molecule has 0 bridgehead atoms. The highest BCUT2D eigenvalue weighted by molar-refractivity contribution is 5.57. The van der Waals surface area contributed by atoms with Crippen LogP contribution in [0.1, 0.15) is 25.8 Å². The Bertz CT molecular complexity index is 880. The van der Waals surface area contributed by atoms with Crippen LogP contribution in [-0.4, -0.2) is 35.0 Å². The number of anilines is 1. The van der Waals surface area contributed by atoms with Crippen LogP contribution in [0.2, 0.25) is 0 Å². The molecule has 1 saturated heterocycles. The van der Waals surface area contributed by atoms with Gasteiger partial charge in [-0.15, -0.1) is 8.78 Å². The first-order chi connectivity index (χ1) is 12.8. The zero-order chi connectivity index (χ0) is 19.2. The molecule has 2 aliphatic rings. The summed E-state index contributed by atoms with van der Waals surface area (Å²) in [6.45, 7) is 7.38. The number of aryl methyl sites for hydroxylation is 1. The lowest BCUT2D eigenvalue weighted by atomic mass is 10.0. The van der Waals surface area contributed by atoms with E-state index in [4.69, 9.17) is 4.74 Å². The fraction of sp³-hybridized carbons (Fsp3) is 0.444. The van der Waals surface area contributed by atoms with Crippen molar-refractivity contribution in [2.75, 3.05) is 18.1 Å². The fourth-order valence-electron chi connectivity index (χ4n) is 3.08. The maximum Gasteiger partial charge on any atom is 0.586 e. The number of aromatic nitrogens is 2. The van der Waals surface area contributed by atoms with Gasteiger partial charge in [0.15, 0.2) is 11.5 Å². The van der Waals surface area contributed by atoms with Crippen LogP contribution in [0.25, 0.3) is 0 Å². The lowest BCUT2D eigenvalue weighted by Gasteiger charge is -2.22. The topological polar surface area (TPSA) is 68.7 Å². The molecule has 0 aliphatic carbocycles. The minimum Gasteiger partial charge on any atom is -0.420 e. The summed E-state index contributed by atoms with van der Waals surface area (Å²) in [6, 6.07) is 4.96. The van der Waals surface area contributed by atoms with Crippen molar-refractivity contribution in [1.82, 2.24) is 15.3 Å². The van der Waals surface area contributed by atoms with Crippen molar-refractivity contribution in [3.8, 4) is 23.3 Å². The van der Waals surface area contributed by atoms with Crippen LogP contribution in [0.4, 0.5) is 14.6 Å². The fourth-order valence-corrected chi connectivity index (χ4v) is 3.08. The number of alkyl halides is 2. The number of fused-ring (bicyclic) bond motifs is 1. The Balaban J connectivity index is 1.58. The predicted molar refractivity (Wildman–Crippen MR) is 93.5 cm³/mol. The second-order valence-corrected chi connectivity index (χ2v) is 6.95. The first kappa shape index (κ1) is 17.7. The molecule has 1 atom stereocenters. The van der Waals surface area contributed by atoms with Crippen LogP contribution in [0, 0.1) is 6.92 Å². The lowest BCUT2D eigenvalue weighted by Crippen LogP contribution is -2.38. The maximum atomic E-state index is 13.5. The summed E-state index contributed by atoms with van der Waals surface area (Å²) in [5.41, 5.74) is 0.534. The first-order valence-electron chi connectivity index (χ1n) is 8.69. The van der Waals surface area contributed by atoms with Crippen molar-refractivity contribution >= 4 is 5.82 Å². The maximum absolute atomic E-state index is 13.5. The van der Waals surface area contributed by atoms with Crippen LogP contribution < -0.4 is 24.4 Å². The number of benzene rings is 1. The minimum absolute atomic E-state index is 0.0144. The van der Waals surface area contributed by atoms with Crippen LogP contribution in [0.3, 0.4) is 0 Å². The van der Waals surface area contributed by atoms with E-state index in [1.165, 1.54) is 6.07 Å². The van der Waals surface area contributed by atoms with E-state index in [0.29, 0.717) is 18.1 Å². The molecule has 0 amide bonds. The van der Waals surface area contributed by atoms with Crippen molar-refractivity contribution in [3.05, 3.63) is 30.0 Å². The van der Waals surface area contributed by atoms with Gasteiger partial charge in [0.1, 0.15) is 5.82 Å². The molecule has 0 unspecified atom stereocenters. The third kappa shape index (κ3) is 3.34. The molecule has 2 aliphatic heterocycles. The summed E-state index contributed by atoms with van der Waals surface area (Å²) >= 11 is 0. The molecule has 144 valence electrons. The molecule has 2 aromatic rings. The van der Waals surface area contributed by atoms with Gasteiger partial charge in [0.25, 0.3) is 0 Å². The number of halogens is 2. The smallest absolute Gasteiger partial charge is 0.420 e. The summed E-state index contributed by atoms with van der Waals surface area (Å²) in [6.07, 6.45) is -1.17. The summed E-state index contributed by atoms with van der Waals surface area (Å²) in [5, 5.41) is 3.45. The molecule has 0 saturated carbocycles. The van der Waals surface area contributed by atoms with E-state index < -0.39 is 6.29 Å². The molecule has 9 heteroatoms. The van der Waals surface area contributed by atoms with Crippen molar-refractivity contribution in [2.45, 2.75) is 39.0 Å². The number of hydrogen-bond donors (Lipinski definition) is 1. The highest BCUT2D eigenvalue weighted by Crippen LogP contribution is 2.49. The Kier molecular flexibility index (Phi) is 4.06. The highest BCUT2D eigenvalue weighted by Gasteiger charge is 2.46. The summed E-state index contributed by atoms with van der Waals surface area (Å²) in [7, 11) is 0. The van der Waals surface area contributed by atoms with Gasteiger partial charge in [-0.05, 0) is 38.0 Å². The quantitative estimate of drug-likeness (QED) is 0.874. The molecular weight excluding hydrogens is 358 g/mol. The Morgan fingerprint density at radius 1 is 1.26 bits per heavy atom. The van der Waals surface area contributed by atoms with E-state index in [2.05, 4.69) is 43.5 Å². The molecule has 1 N–H and O–H groups in total. The monoisotopic (exact) mass is 378 g/mol. The molecule has 0 spiro atoms. The molecule has 3 heterocycles. The van der Waals surface area contributed by atoms with Gasteiger partial charge in [0, 0.05) is 18.3 Å². The highest BCUT2D eigenvalue weighted by atomic mass is 19.3. The van der Waals surface area contributed by atoms with Gasteiger partial charge in [-0.25, -0.2) is 4.98 Å². The minimum atomic E-state index is -3.72. The number of hydrogen-bond acceptors (Lipinski definition) is 7. The first-order valence-corrected chi connectivity index (χ1v) is 8.69. The van der Waals surface area contributed by atoms with Gasteiger partial charge in [-0.2, -0.15) is 4.98 Å². The summed E-state index contributed by atoms with van der Waals surface area (Å²) < 4.78 is 41.7. The van der Waals surface area contributed by atoms with Crippen molar-refractivity contribution < 1.29 is 23.0 Å². The number of nitrogens with one attached hydrogen (secondary N) is 1. The molecule has 1 fully saturated rings. The van der Waals surface area contributed by atoms with Crippen LogP contribution in [0.15, 0.2) is 24.4 Å². The molecule has 1 aromatic heterocycles. The van der Waals surface area contributed by atoms with Gasteiger partial charge < -0.3 is 19.1 Å². The largest absolute Gasteiger partial charge is 0.586 e. The molecule has 27 heavy (non-hydrogen) atoms. The predicted octanol–water partition coefficient (Wildman–Crippen LogP) is 3.43. The molecule has 4 rings (SSSR count). The van der Waals surface area contributed by atoms with Crippen molar-refractivity contribution in [2.24, 2.45) is 0 Å². The Morgan fingerprint density at radius 2 is 2.04 bits per heavy atom. The third-order valence-electron chi connectivity index (χ3n) is 4.88. The van der Waals surface area contributed by atoms with E-state index in [-0.39, 0.29) is 28.8 Å². The summed E-state index contributed by atoms with van der Waals surface area (Å²) in [4.78, 5) is 10.6. The molecular formula is C18H20F2N4O3. The lowest BCUT2D eigenvalue weighted by molar-refractivity contribution is -0.287. The second-order valence-electron chi connectivity index (χ2n) is 6.95. The van der Waals surface area contributed by atoms with E-state index in [0.717, 1.165) is 13.0 Å². The van der Waals surface area contributed by atoms with Crippen LogP contribution in [-0.2, 0) is 0 Å². The molecule has 7 nitrogen and oxygen atoms in total. The van der Waals surface area contributed by atoms with Gasteiger partial charge in [0.05, 0.1) is 6.67 Å². The van der Waals surface area contributed by atoms with Gasteiger partial charge in [0.2, 0.25) is 5.75 Å². The molecule has 0 radical (unpaired) electrons. The van der Waals surface area contributed by atoms with Crippen LogP contribution in [0.5, 0.6) is 23.3 Å². The zero-order valence-electron chi connectivity index (χ0n) is 15.3. The van der Waals surface area contributed by atoms with Crippen molar-refractivity contribution in [1.29, 1.82) is 0 Å². The van der Waals surface area contributed by atoms with E-state index in [1.807, 2.05) is 0 Å². The average molecular weight is 378 g/mol. The van der Waals surface area contributed by atoms with Gasteiger partial charge in [-0.1, -0.05) is 13.0 Å². The number of ether oxygens (including phenoxy) is 3. The van der Waals surface area contributed by atoms with Gasteiger partial charge in [-0.3, -0.25) is 5.32 Å². The van der Waals surface area contributed by atoms with E-state index in [9.17, 15) is 8.78 Å². The Labute approximate surface area is 155 Å². The van der Waals surface area contributed by atoms with Gasteiger partial charge >= 0.3 is 12.3 Å². The number of nitrogens with zero attached hydrogens (tertiary/aromatic N) is 3. The third-order valence-corrected chi connectivity index (χ3v) is 4.88. The van der Waals surface area contributed by atoms with Crippen LogP contribution >= 0.6 is 0 Å². The second kappa shape index (κ2) is 6.19. The SMILES string of the molecule is CC[C@]1(C)CN(c2ccnc(Oc3ccc(C)c4c3OC(F)(F)O4)n2)CN1. The normalized spacial score (nSPS) is 22.9. The van der Waals surface area contributed by atoms with E-state index in [1.54, 1.807) is 25.3 Å². The van der Waals surface area contributed by atoms with Crippen molar-refractivity contribution in [3.63, 3.8) is 0 Å². The Morgan fingerprint density at radius 3 is 2.78 bits per heavy atom. The number of rotatable bonds is 4. The average Bonchev–Trinajstić information content (AvgIpc) is 3.19. The zero-order valence-corrected chi connectivity index (χ0v) is 15.3. The Hall–Kier alpha value is -2.68. The standard InChI is InChI=1S/C18H20F2N4O3/c1-4-17(3)9-24(10-22-17)13-7-8-21-16(23-13)25-12-6-5-11(2)14-15(12)27-18(19,20)26-14/h5-8,22H,4,9-10H2,1-3H3/t17-/m1/s1.